The summed E-state index contributed by atoms with van der Waals surface area (Å²) in [6.45, 7) is 7.57. The lowest BCUT2D eigenvalue weighted by Crippen LogP contribution is -2.28. The van der Waals surface area contributed by atoms with Gasteiger partial charge < -0.3 is 9.84 Å². The molecule has 0 amide bonds. The van der Waals surface area contributed by atoms with Crippen molar-refractivity contribution in [2.75, 3.05) is 0 Å². The first-order valence-electron chi connectivity index (χ1n) is 11.4. The van der Waals surface area contributed by atoms with Crippen molar-refractivity contribution in [3.8, 4) is 11.1 Å². The van der Waals surface area contributed by atoms with Crippen LogP contribution in [-0.2, 0) is 29.4 Å². The number of hydrogen-bond donors (Lipinski definition) is 1. The van der Waals surface area contributed by atoms with Crippen molar-refractivity contribution in [2.24, 2.45) is 7.05 Å². The number of nitrogens with zero attached hydrogens (tertiary/aromatic N) is 3. The van der Waals surface area contributed by atoms with Crippen LogP contribution in [0.25, 0.3) is 32.2 Å². The summed E-state index contributed by atoms with van der Waals surface area (Å²) in [5.74, 6) is -0.999. The topological polar surface area (TPSA) is 77.2 Å². The Morgan fingerprint density at radius 2 is 2.00 bits per heavy atom. The number of thiophene rings is 1. The predicted molar refractivity (Wildman–Crippen MR) is 132 cm³/mol. The van der Waals surface area contributed by atoms with E-state index >= 15 is 0 Å². The van der Waals surface area contributed by atoms with Crippen LogP contribution in [0.1, 0.15) is 61.4 Å². The lowest BCUT2D eigenvalue weighted by molar-refractivity contribution is -0.160. The number of benzene rings is 1. The van der Waals surface area contributed by atoms with Crippen LogP contribution in [-0.4, -0.2) is 31.4 Å². The molecule has 0 radical (unpaired) electrons. The van der Waals surface area contributed by atoms with Crippen LogP contribution in [0.15, 0.2) is 24.4 Å². The molecule has 33 heavy (non-hydrogen) atoms. The monoisotopic (exact) mass is 463 g/mol. The molecule has 172 valence electrons. The third-order valence-corrected chi connectivity index (χ3v) is 7.51. The lowest BCUT2D eigenvalue weighted by atomic mass is 9.87. The molecule has 0 aliphatic heterocycles. The van der Waals surface area contributed by atoms with Gasteiger partial charge in [-0.3, -0.25) is 4.68 Å². The van der Waals surface area contributed by atoms with Gasteiger partial charge in [-0.2, -0.15) is 5.10 Å². The molecule has 5 rings (SSSR count). The van der Waals surface area contributed by atoms with E-state index in [0.717, 1.165) is 51.5 Å². The van der Waals surface area contributed by atoms with Crippen molar-refractivity contribution in [2.45, 2.75) is 65.1 Å². The number of pyridine rings is 1. The highest BCUT2D eigenvalue weighted by molar-refractivity contribution is 7.19. The average Bonchev–Trinajstić information content (AvgIpc) is 3.30. The molecule has 0 unspecified atom stereocenters. The van der Waals surface area contributed by atoms with Crippen molar-refractivity contribution < 1.29 is 14.6 Å². The van der Waals surface area contributed by atoms with Crippen molar-refractivity contribution in [3.05, 3.63) is 46.1 Å². The molecule has 0 fully saturated rings. The number of rotatable bonds is 4. The van der Waals surface area contributed by atoms with Crippen molar-refractivity contribution in [3.63, 3.8) is 0 Å². The minimum absolute atomic E-state index is 0.623. The number of carboxylic acid groups (broad SMARTS) is 1. The summed E-state index contributed by atoms with van der Waals surface area (Å²) in [6, 6.07) is 6.25. The minimum atomic E-state index is -1.11. The predicted octanol–water partition coefficient (Wildman–Crippen LogP) is 5.98. The zero-order valence-corrected chi connectivity index (χ0v) is 20.5. The molecule has 3 aromatic heterocycles. The molecule has 1 aliphatic rings. The summed E-state index contributed by atoms with van der Waals surface area (Å²) >= 11 is 1.76. The van der Waals surface area contributed by atoms with Crippen molar-refractivity contribution >= 4 is 38.4 Å². The standard InChI is InChI=1S/C26H29N3O3S/c1-14-20(23(25(30)31)32-26(2,3)4)21(15-10-11-16-13-27-29(5)18(16)12-15)22-17-8-6-7-9-19(17)33-24(22)28-14/h10-13,23H,6-9H2,1-5H3,(H,30,31)/t23-/m0/s1. The normalized spacial score (nSPS) is 15.2. The van der Waals surface area contributed by atoms with E-state index in [0.29, 0.717) is 11.3 Å². The molecule has 4 aromatic rings. The van der Waals surface area contributed by atoms with Crippen LogP contribution in [0.2, 0.25) is 0 Å². The third-order valence-electron chi connectivity index (χ3n) is 6.33. The maximum atomic E-state index is 12.5. The third kappa shape index (κ3) is 3.83. The number of ether oxygens (including phenoxy) is 1. The Hall–Kier alpha value is -2.77. The maximum absolute atomic E-state index is 12.5. The average molecular weight is 464 g/mol. The molecule has 6 nitrogen and oxygen atoms in total. The van der Waals surface area contributed by atoms with Gasteiger partial charge in [-0.1, -0.05) is 12.1 Å². The van der Waals surface area contributed by atoms with Gasteiger partial charge in [0.25, 0.3) is 0 Å². The number of carbonyl (C=O) groups is 1. The molecule has 1 atom stereocenters. The van der Waals surface area contributed by atoms with E-state index in [-0.39, 0.29) is 0 Å². The second-order valence-electron chi connectivity index (χ2n) is 9.87. The number of hydrogen-bond acceptors (Lipinski definition) is 5. The Labute approximate surface area is 197 Å². The smallest absolute Gasteiger partial charge is 0.337 e. The minimum Gasteiger partial charge on any atom is -0.479 e. The zero-order valence-electron chi connectivity index (χ0n) is 19.7. The van der Waals surface area contributed by atoms with Crippen LogP contribution in [0, 0.1) is 6.92 Å². The number of aromatic nitrogens is 3. The quantitative estimate of drug-likeness (QED) is 0.403. The summed E-state index contributed by atoms with van der Waals surface area (Å²) < 4.78 is 7.99. The number of carboxylic acids is 1. The Bertz CT molecular complexity index is 1390. The SMILES string of the molecule is Cc1nc2sc3c(c2c(-c2ccc4cnn(C)c4c2)c1[C@H](OC(C)(C)C)C(=O)O)CCCC3. The Kier molecular flexibility index (Phi) is 5.29. The van der Waals surface area contributed by atoms with Crippen LogP contribution in [0.3, 0.4) is 0 Å². The van der Waals surface area contributed by atoms with Crippen LogP contribution < -0.4 is 0 Å². The van der Waals surface area contributed by atoms with Gasteiger partial charge in [-0.15, -0.1) is 11.3 Å². The fraction of sp³-hybridized carbons (Fsp3) is 0.423. The van der Waals surface area contributed by atoms with Gasteiger partial charge in [-0.05, 0) is 70.6 Å². The van der Waals surface area contributed by atoms with E-state index in [1.165, 1.54) is 16.9 Å². The summed E-state index contributed by atoms with van der Waals surface area (Å²) in [4.78, 5) is 19.8. The Morgan fingerprint density at radius 1 is 1.24 bits per heavy atom. The zero-order chi connectivity index (χ0) is 23.5. The van der Waals surface area contributed by atoms with Gasteiger partial charge in [0.1, 0.15) is 4.83 Å². The van der Waals surface area contributed by atoms with Gasteiger partial charge >= 0.3 is 5.97 Å². The first-order chi connectivity index (χ1) is 15.6. The van der Waals surface area contributed by atoms with E-state index < -0.39 is 17.7 Å². The maximum Gasteiger partial charge on any atom is 0.337 e. The molecule has 3 heterocycles. The summed E-state index contributed by atoms with van der Waals surface area (Å²) in [6.07, 6.45) is 5.13. The van der Waals surface area contributed by atoms with Gasteiger partial charge in [0.2, 0.25) is 0 Å². The van der Waals surface area contributed by atoms with E-state index in [2.05, 4.69) is 23.3 Å². The van der Waals surface area contributed by atoms with Gasteiger partial charge in [0.05, 0.1) is 17.3 Å². The molecule has 0 saturated heterocycles. The van der Waals surface area contributed by atoms with Crippen LogP contribution in [0.4, 0.5) is 0 Å². The van der Waals surface area contributed by atoms with Crippen LogP contribution >= 0.6 is 11.3 Å². The second-order valence-corrected chi connectivity index (χ2v) is 11.0. The first-order valence-corrected chi connectivity index (χ1v) is 12.2. The largest absolute Gasteiger partial charge is 0.479 e. The molecule has 0 bridgehead atoms. The van der Waals surface area contributed by atoms with E-state index in [1.54, 1.807) is 11.3 Å². The first kappa shape index (κ1) is 22.0. The van der Waals surface area contributed by atoms with E-state index in [4.69, 9.17) is 9.72 Å². The van der Waals surface area contributed by atoms with Crippen LogP contribution in [0.5, 0.6) is 0 Å². The fourth-order valence-corrected chi connectivity index (χ4v) is 6.24. The Balaban J connectivity index is 1.88. The highest BCUT2D eigenvalue weighted by Gasteiger charge is 2.34. The number of aliphatic carboxylic acids is 1. The summed E-state index contributed by atoms with van der Waals surface area (Å²) in [5, 5.41) is 16.8. The highest BCUT2D eigenvalue weighted by Crippen LogP contribution is 2.46. The molecule has 1 N–H and O–H groups in total. The van der Waals surface area contributed by atoms with E-state index in [9.17, 15) is 9.90 Å². The summed E-state index contributed by atoms with van der Waals surface area (Å²) in [5.41, 5.74) is 4.99. The van der Waals surface area contributed by atoms with Gasteiger partial charge in [0, 0.05) is 39.5 Å². The lowest BCUT2D eigenvalue weighted by Gasteiger charge is -2.28. The van der Waals surface area contributed by atoms with E-state index in [1.807, 2.05) is 45.6 Å². The molecule has 0 saturated carbocycles. The molecular formula is C26H29N3O3S. The molecular weight excluding hydrogens is 434 g/mol. The number of fused-ring (bicyclic) bond motifs is 4. The second kappa shape index (κ2) is 7.92. The Morgan fingerprint density at radius 3 is 2.73 bits per heavy atom. The molecule has 1 aliphatic carbocycles. The number of aryl methyl sites for hydroxylation is 4. The molecule has 1 aromatic carbocycles. The van der Waals surface area contributed by atoms with Gasteiger partial charge in [0.15, 0.2) is 6.10 Å². The summed E-state index contributed by atoms with van der Waals surface area (Å²) in [7, 11) is 1.93. The van der Waals surface area contributed by atoms with Crippen molar-refractivity contribution in [1.29, 1.82) is 0 Å². The van der Waals surface area contributed by atoms with Gasteiger partial charge in [-0.25, -0.2) is 9.78 Å². The highest BCUT2D eigenvalue weighted by atomic mass is 32.1. The molecule has 0 spiro atoms. The molecule has 7 heteroatoms. The van der Waals surface area contributed by atoms with Crippen molar-refractivity contribution in [1.82, 2.24) is 14.8 Å². The fourth-order valence-electron chi connectivity index (χ4n) is 4.92.